The molecule has 2 N–H and O–H groups in total. The summed E-state index contributed by atoms with van der Waals surface area (Å²) in [7, 11) is 0. The van der Waals surface area contributed by atoms with Gasteiger partial charge in [-0.1, -0.05) is 23.2 Å². The van der Waals surface area contributed by atoms with Gasteiger partial charge >= 0.3 is 12.0 Å². The molecular weight excluding hydrogens is 371 g/mol. The van der Waals surface area contributed by atoms with Gasteiger partial charge in [-0.2, -0.15) is 0 Å². The lowest BCUT2D eigenvalue weighted by Crippen LogP contribution is -2.42. The average Bonchev–Trinajstić information content (AvgIpc) is 2.89. The minimum atomic E-state index is -1.00. The molecule has 1 atom stereocenters. The van der Waals surface area contributed by atoms with Crippen LogP contribution in [0.25, 0.3) is 0 Å². The number of rotatable bonds is 2. The summed E-state index contributed by atoms with van der Waals surface area (Å²) >= 11 is 15.2. The highest BCUT2D eigenvalue weighted by atomic mass is 79.9. The number of carbonyl (C=O) groups excluding carboxylic acids is 1. The van der Waals surface area contributed by atoms with Gasteiger partial charge in [-0.3, -0.25) is 0 Å². The predicted octanol–water partition coefficient (Wildman–Crippen LogP) is 3.84. The highest BCUT2D eigenvalue weighted by molar-refractivity contribution is 9.10. The summed E-state index contributed by atoms with van der Waals surface area (Å²) in [6.07, 6.45) is 1.12. The van der Waals surface area contributed by atoms with E-state index in [1.807, 2.05) is 0 Å². The number of amides is 2. The van der Waals surface area contributed by atoms with E-state index < -0.39 is 18.0 Å². The lowest BCUT2D eigenvalue weighted by molar-refractivity contribution is -0.141. The van der Waals surface area contributed by atoms with Crippen LogP contribution in [0.5, 0.6) is 0 Å². The summed E-state index contributed by atoms with van der Waals surface area (Å²) < 4.78 is 0.617. The fourth-order valence-corrected chi connectivity index (χ4v) is 2.90. The van der Waals surface area contributed by atoms with Crippen molar-refractivity contribution >= 4 is 56.8 Å². The zero-order chi connectivity index (χ0) is 14.9. The maximum Gasteiger partial charge on any atom is 0.326 e. The molecule has 1 aromatic carbocycles. The van der Waals surface area contributed by atoms with E-state index in [1.54, 1.807) is 12.1 Å². The lowest BCUT2D eigenvalue weighted by Gasteiger charge is -2.22. The van der Waals surface area contributed by atoms with Gasteiger partial charge in [0.05, 0.1) is 15.7 Å². The Balaban J connectivity index is 2.16. The van der Waals surface area contributed by atoms with Crippen LogP contribution in [0, 0.1) is 0 Å². The van der Waals surface area contributed by atoms with Crippen molar-refractivity contribution in [3.05, 3.63) is 26.7 Å². The quantitative estimate of drug-likeness (QED) is 0.764. The van der Waals surface area contributed by atoms with Crippen LogP contribution in [0.1, 0.15) is 12.8 Å². The monoisotopic (exact) mass is 380 g/mol. The lowest BCUT2D eigenvalue weighted by atomic mass is 10.2. The second kappa shape index (κ2) is 6.20. The summed E-state index contributed by atoms with van der Waals surface area (Å²) in [5.74, 6) is -1.00. The van der Waals surface area contributed by atoms with Gasteiger partial charge in [0.25, 0.3) is 0 Å². The molecule has 2 rings (SSSR count). The third-order valence-corrected chi connectivity index (χ3v) is 4.85. The summed E-state index contributed by atoms with van der Waals surface area (Å²) in [5.41, 5.74) is 0.348. The second-order valence-electron chi connectivity index (χ2n) is 4.34. The first-order valence-electron chi connectivity index (χ1n) is 5.85. The Hall–Kier alpha value is -0.980. The van der Waals surface area contributed by atoms with Gasteiger partial charge in [-0.25, -0.2) is 9.59 Å². The largest absolute Gasteiger partial charge is 0.480 e. The molecule has 0 aromatic heterocycles. The average molecular weight is 382 g/mol. The van der Waals surface area contributed by atoms with E-state index in [4.69, 9.17) is 28.3 Å². The number of urea groups is 1. The summed E-state index contributed by atoms with van der Waals surface area (Å²) in [6.45, 7) is 0.407. The topological polar surface area (TPSA) is 69.6 Å². The number of nitrogens with zero attached hydrogens (tertiary/aromatic N) is 1. The maximum absolute atomic E-state index is 12.1. The Morgan fingerprint density at radius 1 is 1.35 bits per heavy atom. The molecule has 1 fully saturated rings. The van der Waals surface area contributed by atoms with Crippen molar-refractivity contribution in [2.24, 2.45) is 0 Å². The molecule has 1 aromatic rings. The van der Waals surface area contributed by atoms with Crippen LogP contribution in [0.2, 0.25) is 10.0 Å². The van der Waals surface area contributed by atoms with E-state index >= 15 is 0 Å². The zero-order valence-electron chi connectivity index (χ0n) is 10.2. The van der Waals surface area contributed by atoms with E-state index in [-0.39, 0.29) is 5.02 Å². The molecule has 20 heavy (non-hydrogen) atoms. The van der Waals surface area contributed by atoms with Crippen LogP contribution in [0.3, 0.4) is 0 Å². The highest BCUT2D eigenvalue weighted by Gasteiger charge is 2.34. The Morgan fingerprint density at radius 2 is 2.05 bits per heavy atom. The fraction of sp³-hybridized carbons (Fsp3) is 0.333. The first-order valence-corrected chi connectivity index (χ1v) is 7.40. The van der Waals surface area contributed by atoms with E-state index in [9.17, 15) is 9.59 Å². The molecular formula is C12H11BrCl2N2O3. The molecule has 2 amide bonds. The number of carboxylic acid groups (broad SMARTS) is 1. The van der Waals surface area contributed by atoms with Crippen LogP contribution in [0.4, 0.5) is 10.5 Å². The predicted molar refractivity (Wildman–Crippen MR) is 80.5 cm³/mol. The van der Waals surface area contributed by atoms with Gasteiger partial charge < -0.3 is 15.3 Å². The van der Waals surface area contributed by atoms with Crippen molar-refractivity contribution < 1.29 is 14.7 Å². The molecule has 1 saturated heterocycles. The van der Waals surface area contributed by atoms with Crippen molar-refractivity contribution in [1.82, 2.24) is 4.90 Å². The number of nitrogens with one attached hydrogen (secondary N) is 1. The van der Waals surface area contributed by atoms with Gasteiger partial charge in [-0.05, 0) is 40.9 Å². The van der Waals surface area contributed by atoms with Crippen molar-refractivity contribution in [2.75, 3.05) is 11.9 Å². The Labute approximate surface area is 134 Å². The zero-order valence-corrected chi connectivity index (χ0v) is 13.3. The molecule has 1 aliphatic rings. The minimum absolute atomic E-state index is 0.209. The fourth-order valence-electron chi connectivity index (χ4n) is 2.08. The summed E-state index contributed by atoms with van der Waals surface area (Å²) in [4.78, 5) is 24.5. The molecule has 5 nitrogen and oxygen atoms in total. The van der Waals surface area contributed by atoms with Gasteiger partial charge in [0, 0.05) is 11.0 Å². The van der Waals surface area contributed by atoms with E-state index in [2.05, 4.69) is 21.2 Å². The van der Waals surface area contributed by atoms with Crippen molar-refractivity contribution in [3.63, 3.8) is 0 Å². The summed E-state index contributed by atoms with van der Waals surface area (Å²) in [6, 6.07) is 1.97. The third kappa shape index (κ3) is 3.02. The number of benzene rings is 1. The number of hydrogen-bond acceptors (Lipinski definition) is 2. The maximum atomic E-state index is 12.1. The molecule has 108 valence electrons. The molecule has 0 radical (unpaired) electrons. The van der Waals surface area contributed by atoms with Crippen LogP contribution >= 0.6 is 39.1 Å². The van der Waals surface area contributed by atoms with Gasteiger partial charge in [0.2, 0.25) is 0 Å². The molecule has 0 spiro atoms. The number of carbonyl (C=O) groups is 2. The standard InChI is InChI=1S/C12H11BrCl2N2O3/c13-6-3-4-7(10(15)9(6)14)16-12(20)17-5-1-2-8(17)11(18)19/h3-4,8H,1-2,5H2,(H,16,20)(H,18,19)/t8-/m1/s1. The van der Waals surface area contributed by atoms with E-state index in [1.165, 1.54) is 4.90 Å². The first-order chi connectivity index (χ1) is 9.41. The van der Waals surface area contributed by atoms with Crippen LogP contribution in [0.15, 0.2) is 16.6 Å². The molecule has 0 unspecified atom stereocenters. The van der Waals surface area contributed by atoms with Gasteiger partial charge in [0.1, 0.15) is 6.04 Å². The number of likely N-dealkylation sites (tertiary alicyclic amines) is 1. The Morgan fingerprint density at radius 3 is 2.70 bits per heavy atom. The first kappa shape index (κ1) is 15.4. The summed E-state index contributed by atoms with van der Waals surface area (Å²) in [5, 5.41) is 12.2. The third-order valence-electron chi connectivity index (χ3n) is 3.08. The molecule has 0 bridgehead atoms. The van der Waals surface area contributed by atoms with Crippen molar-refractivity contribution in [2.45, 2.75) is 18.9 Å². The Bertz CT molecular complexity index is 568. The molecule has 0 aliphatic carbocycles. The number of aliphatic carboxylic acids is 1. The van der Waals surface area contributed by atoms with Gasteiger partial charge in [0.15, 0.2) is 0 Å². The molecule has 1 aliphatic heterocycles. The second-order valence-corrected chi connectivity index (χ2v) is 5.95. The van der Waals surface area contributed by atoms with Crippen LogP contribution in [-0.4, -0.2) is 34.6 Å². The molecule has 0 saturated carbocycles. The Kier molecular flexibility index (Phi) is 4.78. The smallest absolute Gasteiger partial charge is 0.326 e. The van der Waals surface area contributed by atoms with Crippen molar-refractivity contribution in [1.29, 1.82) is 0 Å². The SMILES string of the molecule is O=C(O)[C@H]1CCCN1C(=O)Nc1ccc(Br)c(Cl)c1Cl. The van der Waals surface area contributed by atoms with E-state index in [0.717, 1.165) is 0 Å². The van der Waals surface area contributed by atoms with Gasteiger partial charge in [-0.15, -0.1) is 0 Å². The minimum Gasteiger partial charge on any atom is -0.480 e. The molecule has 1 heterocycles. The number of hydrogen-bond donors (Lipinski definition) is 2. The number of carboxylic acids is 1. The number of anilines is 1. The van der Waals surface area contributed by atoms with E-state index in [0.29, 0.717) is 34.6 Å². The highest BCUT2D eigenvalue weighted by Crippen LogP contribution is 2.36. The normalized spacial score (nSPS) is 18.1. The van der Waals surface area contributed by atoms with Crippen LogP contribution < -0.4 is 5.32 Å². The van der Waals surface area contributed by atoms with Crippen molar-refractivity contribution in [3.8, 4) is 0 Å². The molecule has 8 heteroatoms. The van der Waals surface area contributed by atoms with Crippen LogP contribution in [-0.2, 0) is 4.79 Å². The number of halogens is 3.